The van der Waals surface area contributed by atoms with Gasteiger partial charge in [0, 0.05) is 24.8 Å². The highest BCUT2D eigenvalue weighted by Gasteiger charge is 2.18. The van der Waals surface area contributed by atoms with Gasteiger partial charge in [0.05, 0.1) is 6.61 Å². The Morgan fingerprint density at radius 2 is 1.82 bits per heavy atom. The van der Waals surface area contributed by atoms with E-state index >= 15 is 0 Å². The monoisotopic (exact) mass is 242 g/mol. The van der Waals surface area contributed by atoms with Crippen LogP contribution in [0.2, 0.25) is 0 Å². The molecule has 1 aliphatic rings. The Morgan fingerprint density at radius 3 is 2.47 bits per heavy atom. The molecule has 5 heteroatoms. The number of hydrogen-bond acceptors (Lipinski definition) is 3. The van der Waals surface area contributed by atoms with Gasteiger partial charge in [0.15, 0.2) is 11.6 Å². The Hall–Kier alpha value is -1.20. The highest BCUT2D eigenvalue weighted by atomic mass is 19.2. The molecule has 0 aliphatic carbocycles. The summed E-state index contributed by atoms with van der Waals surface area (Å²) in [5, 5.41) is 0. The Labute approximate surface area is 99.1 Å². The number of anilines is 1. The molecule has 0 bridgehead atoms. The molecule has 0 unspecified atom stereocenters. The maximum absolute atomic E-state index is 13.3. The van der Waals surface area contributed by atoms with Crippen LogP contribution in [0.4, 0.5) is 14.5 Å². The number of nitrogens with zero attached hydrogens (tertiary/aromatic N) is 1. The molecule has 0 amide bonds. The highest BCUT2D eigenvalue weighted by Crippen LogP contribution is 2.27. The average molecular weight is 242 g/mol. The summed E-state index contributed by atoms with van der Waals surface area (Å²) in [5.74, 6) is 3.35. The van der Waals surface area contributed by atoms with Crippen molar-refractivity contribution >= 4 is 5.69 Å². The summed E-state index contributed by atoms with van der Waals surface area (Å²) in [4.78, 5) is 6.58. The van der Waals surface area contributed by atoms with Crippen LogP contribution < -0.4 is 10.8 Å². The van der Waals surface area contributed by atoms with E-state index in [9.17, 15) is 8.78 Å². The Balaban J connectivity index is 2.29. The summed E-state index contributed by atoms with van der Waals surface area (Å²) in [5.41, 5.74) is 1.51. The second-order valence-electron chi connectivity index (χ2n) is 4.21. The van der Waals surface area contributed by atoms with Gasteiger partial charge in [-0.3, -0.25) is 0 Å². The van der Waals surface area contributed by atoms with E-state index in [1.165, 1.54) is 12.1 Å². The van der Waals surface area contributed by atoms with E-state index in [0.29, 0.717) is 13.0 Å². The molecule has 2 rings (SSSR count). The summed E-state index contributed by atoms with van der Waals surface area (Å²) >= 11 is 0. The van der Waals surface area contributed by atoms with Gasteiger partial charge in [-0.1, -0.05) is 0 Å². The van der Waals surface area contributed by atoms with Crippen LogP contribution in [0.1, 0.15) is 18.4 Å². The summed E-state index contributed by atoms with van der Waals surface area (Å²) < 4.78 is 26.5. The van der Waals surface area contributed by atoms with Crippen LogP contribution in [0.3, 0.4) is 0 Å². The molecule has 3 nitrogen and oxygen atoms in total. The van der Waals surface area contributed by atoms with Crippen molar-refractivity contribution in [1.29, 1.82) is 0 Å². The van der Waals surface area contributed by atoms with Crippen molar-refractivity contribution in [1.82, 2.24) is 0 Å². The number of rotatable bonds is 4. The molecular weight excluding hydrogens is 226 g/mol. The molecule has 94 valence electrons. The average Bonchev–Trinajstić information content (AvgIpc) is 2.83. The third-order valence-electron chi connectivity index (χ3n) is 3.06. The fourth-order valence-electron chi connectivity index (χ4n) is 2.20. The van der Waals surface area contributed by atoms with E-state index in [1.807, 2.05) is 0 Å². The Kier molecular flexibility index (Phi) is 3.91. The van der Waals surface area contributed by atoms with E-state index in [-0.39, 0.29) is 0 Å². The van der Waals surface area contributed by atoms with Crippen LogP contribution in [0, 0.1) is 11.6 Å². The SMILES string of the molecule is NOCCc1cc(F)c(F)cc1N1CCCC1. The summed E-state index contributed by atoms with van der Waals surface area (Å²) in [6.07, 6.45) is 2.66. The van der Waals surface area contributed by atoms with Crippen LogP contribution >= 0.6 is 0 Å². The van der Waals surface area contributed by atoms with Gasteiger partial charge >= 0.3 is 0 Å². The molecule has 2 N–H and O–H groups in total. The van der Waals surface area contributed by atoms with Crippen molar-refractivity contribution in [3.05, 3.63) is 29.3 Å². The van der Waals surface area contributed by atoms with Crippen LogP contribution in [0.25, 0.3) is 0 Å². The van der Waals surface area contributed by atoms with E-state index in [4.69, 9.17) is 5.90 Å². The third kappa shape index (κ3) is 2.73. The molecule has 0 aromatic heterocycles. The molecule has 0 radical (unpaired) electrons. The van der Waals surface area contributed by atoms with Crippen molar-refractivity contribution in [2.75, 3.05) is 24.6 Å². The van der Waals surface area contributed by atoms with Crippen molar-refractivity contribution in [3.63, 3.8) is 0 Å². The summed E-state index contributed by atoms with van der Waals surface area (Å²) in [6, 6.07) is 2.51. The molecule has 1 aromatic rings. The maximum Gasteiger partial charge on any atom is 0.160 e. The molecule has 0 saturated carbocycles. The molecule has 0 atom stereocenters. The third-order valence-corrected chi connectivity index (χ3v) is 3.06. The zero-order chi connectivity index (χ0) is 12.3. The Bertz CT molecular complexity index is 392. The highest BCUT2D eigenvalue weighted by molar-refractivity contribution is 5.55. The van der Waals surface area contributed by atoms with Gasteiger partial charge in [0.1, 0.15) is 0 Å². The molecule has 1 heterocycles. The normalized spacial score (nSPS) is 15.6. The molecule has 0 spiro atoms. The van der Waals surface area contributed by atoms with Crippen LogP contribution in [0.15, 0.2) is 12.1 Å². The molecular formula is C12H16F2N2O. The predicted octanol–water partition coefficient (Wildman–Crippen LogP) is 2.00. The second kappa shape index (κ2) is 5.42. The number of halogens is 2. The lowest BCUT2D eigenvalue weighted by molar-refractivity contribution is 0.141. The van der Waals surface area contributed by atoms with E-state index in [0.717, 1.165) is 37.2 Å². The molecule has 1 fully saturated rings. The molecule has 1 saturated heterocycles. The number of hydrogen-bond donors (Lipinski definition) is 1. The summed E-state index contributed by atoms with van der Waals surface area (Å²) in [7, 11) is 0. The second-order valence-corrected chi connectivity index (χ2v) is 4.21. The van der Waals surface area contributed by atoms with Crippen molar-refractivity contribution in [2.45, 2.75) is 19.3 Å². The van der Waals surface area contributed by atoms with Gasteiger partial charge in [0.2, 0.25) is 0 Å². The summed E-state index contributed by atoms with van der Waals surface area (Å²) in [6.45, 7) is 2.08. The first-order valence-electron chi connectivity index (χ1n) is 5.77. The van der Waals surface area contributed by atoms with Gasteiger partial charge in [-0.2, -0.15) is 0 Å². The quantitative estimate of drug-likeness (QED) is 0.821. The largest absolute Gasteiger partial charge is 0.371 e. The molecule has 1 aromatic carbocycles. The van der Waals surface area contributed by atoms with Crippen molar-refractivity contribution in [3.8, 4) is 0 Å². The smallest absolute Gasteiger partial charge is 0.160 e. The lowest BCUT2D eigenvalue weighted by Gasteiger charge is -2.21. The van der Waals surface area contributed by atoms with Crippen molar-refractivity contribution in [2.24, 2.45) is 5.90 Å². The van der Waals surface area contributed by atoms with Crippen LogP contribution in [-0.4, -0.2) is 19.7 Å². The van der Waals surface area contributed by atoms with Gasteiger partial charge < -0.3 is 9.74 Å². The van der Waals surface area contributed by atoms with Gasteiger partial charge in [-0.05, 0) is 30.9 Å². The maximum atomic E-state index is 13.3. The number of benzene rings is 1. The first-order valence-corrected chi connectivity index (χ1v) is 5.77. The molecule has 1 aliphatic heterocycles. The van der Waals surface area contributed by atoms with Crippen LogP contribution in [0.5, 0.6) is 0 Å². The van der Waals surface area contributed by atoms with Gasteiger partial charge in [-0.15, -0.1) is 0 Å². The lowest BCUT2D eigenvalue weighted by atomic mass is 10.1. The minimum atomic E-state index is -0.819. The van der Waals surface area contributed by atoms with Crippen LogP contribution in [-0.2, 0) is 11.3 Å². The fraction of sp³-hybridized carbons (Fsp3) is 0.500. The van der Waals surface area contributed by atoms with Gasteiger partial charge in [0.25, 0.3) is 0 Å². The van der Waals surface area contributed by atoms with E-state index in [2.05, 4.69) is 9.74 Å². The predicted molar refractivity (Wildman–Crippen MR) is 61.6 cm³/mol. The zero-order valence-corrected chi connectivity index (χ0v) is 9.59. The fourth-order valence-corrected chi connectivity index (χ4v) is 2.20. The first kappa shape index (κ1) is 12.3. The van der Waals surface area contributed by atoms with Gasteiger partial charge in [-0.25, -0.2) is 14.7 Å². The number of nitrogens with two attached hydrogens (primary N) is 1. The Morgan fingerprint density at radius 1 is 1.18 bits per heavy atom. The minimum absolute atomic E-state index is 0.298. The van der Waals surface area contributed by atoms with Crippen molar-refractivity contribution < 1.29 is 13.6 Å². The lowest BCUT2D eigenvalue weighted by Crippen LogP contribution is -2.20. The van der Waals surface area contributed by atoms with E-state index < -0.39 is 11.6 Å². The standard InChI is InChI=1S/C12H16F2N2O/c13-10-7-9(3-6-17-15)12(8-11(10)14)16-4-1-2-5-16/h7-8H,1-6,15H2. The van der Waals surface area contributed by atoms with E-state index in [1.54, 1.807) is 0 Å². The zero-order valence-electron chi connectivity index (χ0n) is 9.59. The first-order chi connectivity index (χ1) is 8.22. The molecule has 17 heavy (non-hydrogen) atoms. The topological polar surface area (TPSA) is 38.5 Å². The minimum Gasteiger partial charge on any atom is -0.371 e.